The molecule has 0 fully saturated rings. The summed E-state index contributed by atoms with van der Waals surface area (Å²) in [7, 11) is 1.50. The van der Waals surface area contributed by atoms with Crippen molar-refractivity contribution in [2.45, 2.75) is 47.5 Å². The average Bonchev–Trinajstić information content (AvgIpc) is 2.12. The number of hydrogen-bond donors (Lipinski definition) is 2. The van der Waals surface area contributed by atoms with Gasteiger partial charge in [-0.2, -0.15) is 0 Å². The summed E-state index contributed by atoms with van der Waals surface area (Å²) in [5.74, 6) is 0. The molecular formula is C9H27NO. The van der Waals surface area contributed by atoms with E-state index < -0.39 is 0 Å². The first-order valence-corrected chi connectivity index (χ1v) is 4.51. The summed E-state index contributed by atoms with van der Waals surface area (Å²) < 4.78 is 0. The third kappa shape index (κ3) is 735. The standard InChI is InChI=1S/C3H8O.C3H8.C2H6.CH5N/c1-2-3-4;1-3-2;2*1-2/h4H,2-3H2,1H3;3H2,1-2H3;1-2H3;2H2,1H3. The van der Waals surface area contributed by atoms with Crippen molar-refractivity contribution in [2.24, 2.45) is 5.73 Å². The van der Waals surface area contributed by atoms with Gasteiger partial charge in [0.25, 0.3) is 0 Å². The molecule has 74 valence electrons. The molecular weight excluding hydrogens is 138 g/mol. The Morgan fingerprint density at radius 3 is 1.09 bits per heavy atom. The third-order valence-electron chi connectivity index (χ3n) is 0.224. The van der Waals surface area contributed by atoms with Crippen molar-refractivity contribution in [3.63, 3.8) is 0 Å². The van der Waals surface area contributed by atoms with E-state index in [9.17, 15) is 0 Å². The van der Waals surface area contributed by atoms with Crippen molar-refractivity contribution in [3.8, 4) is 0 Å². The fourth-order valence-electron chi connectivity index (χ4n) is 0. The predicted molar refractivity (Wildman–Crippen MR) is 54.8 cm³/mol. The monoisotopic (exact) mass is 165 g/mol. The molecule has 0 radical (unpaired) electrons. The van der Waals surface area contributed by atoms with E-state index in [2.05, 4.69) is 19.6 Å². The van der Waals surface area contributed by atoms with Crippen LogP contribution in [0.3, 0.4) is 0 Å². The lowest BCUT2D eigenvalue weighted by molar-refractivity contribution is 0.295. The number of nitrogens with two attached hydrogens (primary N) is 1. The molecule has 0 spiro atoms. The summed E-state index contributed by atoms with van der Waals surface area (Å²) >= 11 is 0. The molecule has 0 atom stereocenters. The van der Waals surface area contributed by atoms with Crippen molar-refractivity contribution in [2.75, 3.05) is 13.7 Å². The lowest BCUT2D eigenvalue weighted by atomic mass is 10.5. The van der Waals surface area contributed by atoms with E-state index in [4.69, 9.17) is 5.11 Å². The van der Waals surface area contributed by atoms with E-state index >= 15 is 0 Å². The zero-order valence-electron chi connectivity index (χ0n) is 9.15. The summed E-state index contributed by atoms with van der Waals surface area (Å²) in [6.45, 7) is 10.5. The van der Waals surface area contributed by atoms with Gasteiger partial charge >= 0.3 is 0 Å². The summed E-state index contributed by atoms with van der Waals surface area (Å²) in [6.07, 6.45) is 2.12. The van der Waals surface area contributed by atoms with Gasteiger partial charge in [0.05, 0.1) is 0 Å². The number of rotatable bonds is 1. The molecule has 11 heavy (non-hydrogen) atoms. The molecule has 0 aliphatic rings. The van der Waals surface area contributed by atoms with E-state index in [0.717, 1.165) is 6.42 Å². The van der Waals surface area contributed by atoms with Gasteiger partial charge in [-0.3, -0.25) is 0 Å². The molecule has 0 rings (SSSR count). The Morgan fingerprint density at radius 2 is 1.09 bits per heavy atom. The second-order valence-electron chi connectivity index (χ2n) is 1.43. The SMILES string of the molecule is CC.CCC.CCCO.CN. The van der Waals surface area contributed by atoms with Gasteiger partial charge in [-0.15, -0.1) is 0 Å². The van der Waals surface area contributed by atoms with Gasteiger partial charge in [0.15, 0.2) is 0 Å². The molecule has 0 aromatic heterocycles. The van der Waals surface area contributed by atoms with Gasteiger partial charge in [0.2, 0.25) is 0 Å². The van der Waals surface area contributed by atoms with Gasteiger partial charge in [0, 0.05) is 6.61 Å². The molecule has 2 heteroatoms. The summed E-state index contributed by atoms with van der Waals surface area (Å²) in [4.78, 5) is 0. The average molecular weight is 165 g/mol. The molecule has 0 heterocycles. The fraction of sp³-hybridized carbons (Fsp3) is 1.00. The Kier molecular flexibility index (Phi) is 189. The van der Waals surface area contributed by atoms with E-state index in [1.54, 1.807) is 0 Å². The lowest BCUT2D eigenvalue weighted by Gasteiger charge is -1.69. The molecule has 0 saturated heterocycles. The van der Waals surface area contributed by atoms with Crippen molar-refractivity contribution in [1.29, 1.82) is 0 Å². The van der Waals surface area contributed by atoms with Gasteiger partial charge in [-0.05, 0) is 13.5 Å². The van der Waals surface area contributed by atoms with Crippen LogP contribution in [0, 0.1) is 0 Å². The zero-order valence-corrected chi connectivity index (χ0v) is 9.15. The topological polar surface area (TPSA) is 46.2 Å². The predicted octanol–water partition coefficient (Wildman–Crippen LogP) is 2.41. The molecule has 0 amide bonds. The van der Waals surface area contributed by atoms with Gasteiger partial charge < -0.3 is 10.8 Å². The number of hydrogen-bond acceptors (Lipinski definition) is 2. The molecule has 2 nitrogen and oxygen atoms in total. The largest absolute Gasteiger partial charge is 0.396 e. The highest BCUT2D eigenvalue weighted by molar-refractivity contribution is 4.10. The molecule has 0 aliphatic heterocycles. The second-order valence-corrected chi connectivity index (χ2v) is 1.43. The highest BCUT2D eigenvalue weighted by atomic mass is 16.2. The first-order valence-electron chi connectivity index (χ1n) is 4.51. The Bertz CT molecular complexity index is 17.0. The first-order chi connectivity index (χ1) is 5.33. The quantitative estimate of drug-likeness (QED) is 0.627. The normalized spacial score (nSPS) is 5.45. The maximum absolute atomic E-state index is 7.88. The van der Waals surface area contributed by atoms with Gasteiger partial charge in [-0.1, -0.05) is 41.0 Å². The maximum Gasteiger partial charge on any atom is 0.0428 e. The number of aliphatic hydroxyl groups excluding tert-OH is 1. The van der Waals surface area contributed by atoms with Crippen LogP contribution in [0.15, 0.2) is 0 Å². The van der Waals surface area contributed by atoms with Crippen LogP contribution in [0.4, 0.5) is 0 Å². The lowest BCUT2D eigenvalue weighted by Crippen LogP contribution is -1.69. The van der Waals surface area contributed by atoms with Crippen molar-refractivity contribution in [3.05, 3.63) is 0 Å². The maximum atomic E-state index is 7.88. The minimum atomic E-state index is 0.319. The van der Waals surface area contributed by atoms with Crippen LogP contribution in [0.1, 0.15) is 47.5 Å². The Hall–Kier alpha value is -0.0800. The molecule has 0 unspecified atom stereocenters. The molecule has 0 saturated carbocycles. The Balaban J connectivity index is -0.0000000315. The van der Waals surface area contributed by atoms with Crippen molar-refractivity contribution < 1.29 is 5.11 Å². The molecule has 0 aromatic carbocycles. The fourth-order valence-corrected chi connectivity index (χ4v) is 0. The minimum absolute atomic E-state index is 0.319. The zero-order chi connectivity index (χ0) is 10.1. The highest BCUT2D eigenvalue weighted by Crippen LogP contribution is 1.61. The molecule has 0 aliphatic carbocycles. The number of aliphatic hydroxyl groups is 1. The Labute approximate surface area is 72.8 Å². The highest BCUT2D eigenvalue weighted by Gasteiger charge is 1.57. The third-order valence-corrected chi connectivity index (χ3v) is 0.224. The van der Waals surface area contributed by atoms with Crippen LogP contribution < -0.4 is 5.73 Å². The smallest absolute Gasteiger partial charge is 0.0428 e. The van der Waals surface area contributed by atoms with E-state index in [1.807, 2.05) is 20.8 Å². The van der Waals surface area contributed by atoms with E-state index in [1.165, 1.54) is 13.5 Å². The first kappa shape index (κ1) is 22.4. The van der Waals surface area contributed by atoms with E-state index in [-0.39, 0.29) is 0 Å². The van der Waals surface area contributed by atoms with Crippen LogP contribution in [0.2, 0.25) is 0 Å². The van der Waals surface area contributed by atoms with Crippen LogP contribution in [-0.2, 0) is 0 Å². The van der Waals surface area contributed by atoms with Crippen LogP contribution in [0.5, 0.6) is 0 Å². The van der Waals surface area contributed by atoms with Crippen LogP contribution >= 0.6 is 0 Å². The minimum Gasteiger partial charge on any atom is -0.396 e. The van der Waals surface area contributed by atoms with Gasteiger partial charge in [-0.25, -0.2) is 0 Å². The summed E-state index contributed by atoms with van der Waals surface area (Å²) in [5, 5.41) is 7.88. The molecule has 3 N–H and O–H groups in total. The molecule has 0 bridgehead atoms. The van der Waals surface area contributed by atoms with Crippen LogP contribution in [-0.4, -0.2) is 18.8 Å². The summed E-state index contributed by atoms with van der Waals surface area (Å²) in [6, 6.07) is 0. The molecule has 0 aromatic rings. The van der Waals surface area contributed by atoms with E-state index in [0.29, 0.717) is 6.61 Å². The second kappa shape index (κ2) is 92.6. The Morgan fingerprint density at radius 1 is 1.00 bits per heavy atom. The van der Waals surface area contributed by atoms with Gasteiger partial charge in [0.1, 0.15) is 0 Å². The van der Waals surface area contributed by atoms with Crippen molar-refractivity contribution in [1.82, 2.24) is 0 Å². The van der Waals surface area contributed by atoms with Crippen molar-refractivity contribution >= 4 is 0 Å². The van der Waals surface area contributed by atoms with Crippen LogP contribution in [0.25, 0.3) is 0 Å². The summed E-state index contributed by atoms with van der Waals surface area (Å²) in [5.41, 5.74) is 4.50.